The lowest BCUT2D eigenvalue weighted by atomic mass is 10.0. The lowest BCUT2D eigenvalue weighted by Gasteiger charge is -2.30. The van der Waals surface area contributed by atoms with Crippen molar-refractivity contribution in [2.24, 2.45) is 11.6 Å². The van der Waals surface area contributed by atoms with Gasteiger partial charge in [0.1, 0.15) is 0 Å². The summed E-state index contributed by atoms with van der Waals surface area (Å²) < 4.78 is 1.12. The average Bonchev–Trinajstić information content (AvgIpc) is 2.85. The second-order valence-corrected chi connectivity index (χ2v) is 6.57. The maximum absolute atomic E-state index is 12.0. The fraction of sp³-hybridized carbons (Fsp3) is 0.400. The van der Waals surface area contributed by atoms with Gasteiger partial charge < -0.3 is 5.73 Å². The lowest BCUT2D eigenvalue weighted by molar-refractivity contribution is 0.0955. The molecule has 0 saturated carbocycles. The first-order chi connectivity index (χ1) is 10.2. The number of hydrogen-bond donors (Lipinski definition) is 3. The Morgan fingerprint density at radius 2 is 2.24 bits per heavy atom. The van der Waals surface area contributed by atoms with Crippen molar-refractivity contribution in [2.45, 2.75) is 25.4 Å². The number of hydrazine groups is 1. The number of nitrogens with one attached hydrogen (secondary N) is 1. The molecule has 1 saturated heterocycles. The quantitative estimate of drug-likeness (QED) is 0.455. The van der Waals surface area contributed by atoms with E-state index < -0.39 is 0 Å². The number of fused-ring (bicyclic) bond motifs is 1. The Bertz CT molecular complexity index is 654. The van der Waals surface area contributed by atoms with Crippen molar-refractivity contribution in [3.05, 3.63) is 34.7 Å². The zero-order chi connectivity index (χ0) is 14.8. The van der Waals surface area contributed by atoms with Crippen LogP contribution in [0.4, 0.5) is 0 Å². The van der Waals surface area contributed by atoms with Crippen molar-refractivity contribution >= 4 is 27.3 Å². The summed E-state index contributed by atoms with van der Waals surface area (Å²) in [5.41, 5.74) is 9.37. The van der Waals surface area contributed by atoms with Crippen LogP contribution in [0, 0.1) is 0 Å². The van der Waals surface area contributed by atoms with Gasteiger partial charge in [-0.15, -0.1) is 11.3 Å². The minimum absolute atomic E-state index is 0.215. The number of thiophene rings is 1. The van der Waals surface area contributed by atoms with Crippen molar-refractivity contribution in [2.75, 3.05) is 13.1 Å². The molecule has 1 aromatic heterocycles. The maximum atomic E-state index is 12.0. The summed E-state index contributed by atoms with van der Waals surface area (Å²) in [6.07, 6.45) is 2.19. The molecule has 0 bridgehead atoms. The topological polar surface area (TPSA) is 84.4 Å². The van der Waals surface area contributed by atoms with Crippen LogP contribution in [-0.2, 0) is 6.54 Å². The second kappa shape index (κ2) is 6.11. The summed E-state index contributed by atoms with van der Waals surface area (Å²) in [4.78, 5) is 15.1. The van der Waals surface area contributed by atoms with Gasteiger partial charge in [-0.1, -0.05) is 18.2 Å². The highest BCUT2D eigenvalue weighted by Gasteiger charge is 2.22. The summed E-state index contributed by atoms with van der Waals surface area (Å²) in [5.74, 6) is 5.11. The molecule has 3 rings (SSSR count). The van der Waals surface area contributed by atoms with Gasteiger partial charge in [-0.05, 0) is 36.4 Å². The summed E-state index contributed by atoms with van der Waals surface area (Å²) in [7, 11) is 0. The van der Waals surface area contributed by atoms with Gasteiger partial charge in [0.15, 0.2) is 0 Å². The van der Waals surface area contributed by atoms with Crippen LogP contribution < -0.4 is 17.0 Å². The minimum atomic E-state index is -0.215. The van der Waals surface area contributed by atoms with E-state index in [1.807, 2.05) is 18.2 Å². The molecule has 2 heterocycles. The van der Waals surface area contributed by atoms with E-state index in [4.69, 9.17) is 11.6 Å². The third kappa shape index (κ3) is 2.94. The van der Waals surface area contributed by atoms with Crippen LogP contribution in [0.3, 0.4) is 0 Å². The molecule has 0 aliphatic carbocycles. The molecule has 1 aromatic carbocycles. The molecule has 1 atom stereocenters. The average molecular weight is 304 g/mol. The number of likely N-dealkylation sites (tertiary alicyclic amines) is 1. The Morgan fingerprint density at radius 1 is 1.43 bits per heavy atom. The molecule has 1 unspecified atom stereocenters. The number of amides is 1. The highest BCUT2D eigenvalue weighted by atomic mass is 32.1. The Labute approximate surface area is 127 Å². The van der Waals surface area contributed by atoms with E-state index in [-0.39, 0.29) is 11.9 Å². The first kappa shape index (κ1) is 14.5. The van der Waals surface area contributed by atoms with Crippen molar-refractivity contribution < 1.29 is 4.79 Å². The van der Waals surface area contributed by atoms with Crippen molar-refractivity contribution in [3.8, 4) is 0 Å². The largest absolute Gasteiger partial charge is 0.327 e. The Balaban J connectivity index is 1.96. The van der Waals surface area contributed by atoms with E-state index in [0.717, 1.165) is 48.1 Å². The SMILES string of the molecule is NNC(=O)c1sc2ccccc2c1CN1CCCC(N)C1. The number of carbonyl (C=O) groups excluding carboxylic acids is 1. The molecule has 112 valence electrons. The molecule has 6 heteroatoms. The summed E-state index contributed by atoms with van der Waals surface area (Å²) in [5, 5.41) is 1.14. The fourth-order valence-corrected chi connectivity index (χ4v) is 4.08. The second-order valence-electron chi connectivity index (χ2n) is 5.52. The summed E-state index contributed by atoms with van der Waals surface area (Å²) >= 11 is 1.50. The Kier molecular flexibility index (Phi) is 4.21. The van der Waals surface area contributed by atoms with Crippen molar-refractivity contribution in [3.63, 3.8) is 0 Å². The monoisotopic (exact) mass is 304 g/mol. The molecule has 0 radical (unpaired) electrons. The third-order valence-corrected chi connectivity index (χ3v) is 5.17. The third-order valence-electron chi connectivity index (χ3n) is 3.96. The van der Waals surface area contributed by atoms with Crippen LogP contribution in [0.25, 0.3) is 10.1 Å². The van der Waals surface area contributed by atoms with Gasteiger partial charge in [0, 0.05) is 23.8 Å². The van der Waals surface area contributed by atoms with E-state index in [2.05, 4.69) is 16.4 Å². The molecule has 1 aliphatic rings. The number of benzene rings is 1. The zero-order valence-corrected chi connectivity index (χ0v) is 12.7. The number of nitrogens with two attached hydrogens (primary N) is 2. The van der Waals surface area contributed by atoms with Gasteiger partial charge >= 0.3 is 0 Å². The van der Waals surface area contributed by atoms with Gasteiger partial charge in [0.05, 0.1) is 4.88 Å². The Hall–Kier alpha value is -1.47. The van der Waals surface area contributed by atoms with E-state index in [0.29, 0.717) is 4.88 Å². The number of piperidine rings is 1. The number of nitrogen functional groups attached to an aromatic ring is 1. The molecule has 1 aliphatic heterocycles. The highest BCUT2D eigenvalue weighted by molar-refractivity contribution is 7.21. The van der Waals surface area contributed by atoms with Crippen LogP contribution >= 0.6 is 11.3 Å². The number of nitrogens with zero attached hydrogens (tertiary/aromatic N) is 1. The number of hydrogen-bond acceptors (Lipinski definition) is 5. The van der Waals surface area contributed by atoms with Crippen LogP contribution in [0.5, 0.6) is 0 Å². The van der Waals surface area contributed by atoms with Gasteiger partial charge in [-0.2, -0.15) is 0 Å². The lowest BCUT2D eigenvalue weighted by Crippen LogP contribution is -2.42. The van der Waals surface area contributed by atoms with E-state index in [1.165, 1.54) is 11.3 Å². The molecular formula is C15H20N4OS. The van der Waals surface area contributed by atoms with E-state index in [9.17, 15) is 4.79 Å². The van der Waals surface area contributed by atoms with Crippen molar-refractivity contribution in [1.29, 1.82) is 0 Å². The predicted octanol–water partition coefficient (Wildman–Crippen LogP) is 1.43. The van der Waals surface area contributed by atoms with Crippen LogP contribution in [0.2, 0.25) is 0 Å². The predicted molar refractivity (Wildman–Crippen MR) is 86.0 cm³/mol. The first-order valence-electron chi connectivity index (χ1n) is 7.18. The highest BCUT2D eigenvalue weighted by Crippen LogP contribution is 2.32. The summed E-state index contributed by atoms with van der Waals surface area (Å²) in [6.45, 7) is 2.66. The smallest absolute Gasteiger partial charge is 0.275 e. The first-order valence-corrected chi connectivity index (χ1v) is 8.00. The molecule has 1 fully saturated rings. The molecule has 5 N–H and O–H groups in total. The molecule has 1 amide bonds. The van der Waals surface area contributed by atoms with Crippen LogP contribution in [0.15, 0.2) is 24.3 Å². The molecule has 21 heavy (non-hydrogen) atoms. The Morgan fingerprint density at radius 3 is 3.00 bits per heavy atom. The van der Waals surface area contributed by atoms with Crippen LogP contribution in [-0.4, -0.2) is 29.9 Å². The molecular weight excluding hydrogens is 284 g/mol. The molecule has 0 spiro atoms. The summed E-state index contributed by atoms with van der Waals surface area (Å²) in [6, 6.07) is 8.33. The van der Waals surface area contributed by atoms with Gasteiger partial charge in [0.2, 0.25) is 0 Å². The molecule has 2 aromatic rings. The van der Waals surface area contributed by atoms with E-state index in [1.54, 1.807) is 0 Å². The number of carbonyl (C=O) groups is 1. The number of rotatable bonds is 3. The minimum Gasteiger partial charge on any atom is -0.327 e. The zero-order valence-electron chi connectivity index (χ0n) is 11.8. The standard InChI is InChI=1S/C15H20N4OS/c16-10-4-3-7-19(8-10)9-12-11-5-1-2-6-13(11)21-14(12)15(20)18-17/h1-2,5-6,10H,3-4,7-9,16-17H2,(H,18,20). The fourth-order valence-electron chi connectivity index (χ4n) is 2.96. The van der Waals surface area contributed by atoms with Crippen LogP contribution in [0.1, 0.15) is 28.1 Å². The normalized spacial score (nSPS) is 19.8. The molecule has 5 nitrogen and oxygen atoms in total. The van der Waals surface area contributed by atoms with Gasteiger partial charge in [0.25, 0.3) is 5.91 Å². The van der Waals surface area contributed by atoms with Crippen molar-refractivity contribution in [1.82, 2.24) is 10.3 Å². The van der Waals surface area contributed by atoms with E-state index >= 15 is 0 Å². The maximum Gasteiger partial charge on any atom is 0.275 e. The van der Waals surface area contributed by atoms with Gasteiger partial charge in [-0.3, -0.25) is 15.1 Å². The van der Waals surface area contributed by atoms with Gasteiger partial charge in [-0.25, -0.2) is 5.84 Å².